The average molecular weight is 465 g/mol. The molecule has 0 spiro atoms. The van der Waals surface area contributed by atoms with E-state index in [-0.39, 0.29) is 18.3 Å². The van der Waals surface area contributed by atoms with Crippen LogP contribution in [0, 0.1) is 13.8 Å². The second-order valence-electron chi connectivity index (χ2n) is 9.13. The SMILES string of the molecule is C=CCn1c(C)c(C)c2cc(C(=O)N3CCCCC3)nc(N3CCc4ccccc4C3)c21.Cl. The van der Waals surface area contributed by atoms with E-state index >= 15 is 0 Å². The molecule has 33 heavy (non-hydrogen) atoms. The van der Waals surface area contributed by atoms with Gasteiger partial charge in [-0.2, -0.15) is 0 Å². The van der Waals surface area contributed by atoms with E-state index in [1.165, 1.54) is 28.8 Å². The van der Waals surface area contributed by atoms with Crippen molar-refractivity contribution in [2.24, 2.45) is 0 Å². The zero-order valence-electron chi connectivity index (χ0n) is 19.6. The molecule has 0 saturated carbocycles. The Morgan fingerprint density at radius 1 is 1.09 bits per heavy atom. The molecule has 5 rings (SSSR count). The summed E-state index contributed by atoms with van der Waals surface area (Å²) in [5.41, 5.74) is 6.88. The second-order valence-corrected chi connectivity index (χ2v) is 9.13. The summed E-state index contributed by atoms with van der Waals surface area (Å²) in [4.78, 5) is 22.8. The molecular weight excluding hydrogens is 432 g/mol. The summed E-state index contributed by atoms with van der Waals surface area (Å²) in [6.07, 6.45) is 6.30. The van der Waals surface area contributed by atoms with Crippen LogP contribution in [0.25, 0.3) is 10.9 Å². The molecule has 0 aliphatic carbocycles. The Bertz CT molecular complexity index is 1190. The van der Waals surface area contributed by atoms with Gasteiger partial charge in [0, 0.05) is 43.8 Å². The van der Waals surface area contributed by atoms with Gasteiger partial charge in [0.05, 0.1) is 5.52 Å². The third-order valence-corrected chi connectivity index (χ3v) is 7.20. The molecule has 0 bridgehead atoms. The van der Waals surface area contributed by atoms with Crippen molar-refractivity contribution in [1.82, 2.24) is 14.5 Å². The molecule has 2 aliphatic heterocycles. The molecule has 2 aliphatic rings. The van der Waals surface area contributed by atoms with Gasteiger partial charge in [0.1, 0.15) is 5.69 Å². The number of carbonyl (C=O) groups excluding carboxylic acids is 1. The fourth-order valence-electron chi connectivity index (χ4n) is 5.26. The Balaban J connectivity index is 0.00000259. The lowest BCUT2D eigenvalue weighted by Gasteiger charge is -2.31. The predicted octanol–water partition coefficient (Wildman–Crippen LogP) is 5.45. The minimum atomic E-state index is 0. The summed E-state index contributed by atoms with van der Waals surface area (Å²) >= 11 is 0. The number of carbonyl (C=O) groups is 1. The molecule has 3 aromatic rings. The van der Waals surface area contributed by atoms with E-state index in [1.54, 1.807) is 0 Å². The topological polar surface area (TPSA) is 41.4 Å². The molecule has 5 nitrogen and oxygen atoms in total. The maximum absolute atomic E-state index is 13.4. The lowest BCUT2D eigenvalue weighted by molar-refractivity contribution is 0.0718. The number of aromatic nitrogens is 2. The van der Waals surface area contributed by atoms with E-state index < -0.39 is 0 Å². The van der Waals surface area contributed by atoms with Crippen molar-refractivity contribution in [3.63, 3.8) is 0 Å². The molecule has 1 amide bonds. The Morgan fingerprint density at radius 3 is 2.55 bits per heavy atom. The van der Waals surface area contributed by atoms with Crippen molar-refractivity contribution >= 4 is 35.0 Å². The number of nitrogens with zero attached hydrogens (tertiary/aromatic N) is 4. The first-order valence-corrected chi connectivity index (χ1v) is 11.8. The number of aryl methyl sites for hydroxylation is 1. The molecular formula is C27H33ClN4O. The van der Waals surface area contributed by atoms with Gasteiger partial charge in [-0.3, -0.25) is 4.79 Å². The van der Waals surface area contributed by atoms with Crippen LogP contribution in [0.5, 0.6) is 0 Å². The van der Waals surface area contributed by atoms with E-state index in [9.17, 15) is 4.79 Å². The highest BCUT2D eigenvalue weighted by atomic mass is 35.5. The third kappa shape index (κ3) is 4.15. The van der Waals surface area contributed by atoms with Crippen LogP contribution in [0.1, 0.15) is 52.1 Å². The van der Waals surface area contributed by atoms with Crippen molar-refractivity contribution in [1.29, 1.82) is 0 Å². The van der Waals surface area contributed by atoms with E-state index in [0.717, 1.165) is 68.7 Å². The minimum Gasteiger partial charge on any atom is -0.350 e. The molecule has 6 heteroatoms. The van der Waals surface area contributed by atoms with Crippen molar-refractivity contribution in [3.05, 3.63) is 71.1 Å². The summed E-state index contributed by atoms with van der Waals surface area (Å²) in [6, 6.07) is 10.7. The molecule has 0 radical (unpaired) electrons. The number of hydrogen-bond acceptors (Lipinski definition) is 3. The van der Waals surface area contributed by atoms with Crippen LogP contribution in [-0.2, 0) is 19.5 Å². The van der Waals surface area contributed by atoms with Crippen LogP contribution in [0.2, 0.25) is 0 Å². The van der Waals surface area contributed by atoms with E-state index in [0.29, 0.717) is 5.69 Å². The van der Waals surface area contributed by atoms with Crippen LogP contribution >= 0.6 is 12.4 Å². The smallest absolute Gasteiger partial charge is 0.272 e. The number of piperidine rings is 1. The molecule has 0 atom stereocenters. The first-order valence-electron chi connectivity index (χ1n) is 11.8. The average Bonchev–Trinajstić information content (AvgIpc) is 3.08. The van der Waals surface area contributed by atoms with Gasteiger partial charge in [-0.25, -0.2) is 4.98 Å². The minimum absolute atomic E-state index is 0. The second kappa shape index (κ2) is 9.60. The Morgan fingerprint density at radius 2 is 1.82 bits per heavy atom. The van der Waals surface area contributed by atoms with Gasteiger partial charge in [0.25, 0.3) is 5.91 Å². The van der Waals surface area contributed by atoms with E-state index in [1.807, 2.05) is 17.0 Å². The number of halogens is 1. The highest BCUT2D eigenvalue weighted by molar-refractivity contribution is 6.01. The largest absolute Gasteiger partial charge is 0.350 e. The maximum Gasteiger partial charge on any atom is 0.272 e. The van der Waals surface area contributed by atoms with Crippen LogP contribution in [0.3, 0.4) is 0 Å². The highest BCUT2D eigenvalue weighted by Crippen LogP contribution is 2.35. The van der Waals surface area contributed by atoms with Crippen molar-refractivity contribution in [2.45, 2.75) is 52.6 Å². The molecule has 174 valence electrons. The zero-order valence-corrected chi connectivity index (χ0v) is 20.5. The van der Waals surface area contributed by atoms with Gasteiger partial charge in [-0.15, -0.1) is 19.0 Å². The first kappa shape index (κ1) is 23.4. The maximum atomic E-state index is 13.4. The number of allylic oxidation sites excluding steroid dienone is 1. The van der Waals surface area contributed by atoms with Gasteiger partial charge in [0.15, 0.2) is 5.82 Å². The van der Waals surface area contributed by atoms with Crippen LogP contribution in [-0.4, -0.2) is 40.0 Å². The highest BCUT2D eigenvalue weighted by Gasteiger charge is 2.27. The summed E-state index contributed by atoms with van der Waals surface area (Å²) in [7, 11) is 0. The van der Waals surface area contributed by atoms with Crippen LogP contribution in [0.15, 0.2) is 43.0 Å². The number of benzene rings is 1. The van der Waals surface area contributed by atoms with Crippen molar-refractivity contribution in [2.75, 3.05) is 24.5 Å². The molecule has 2 aromatic heterocycles. The van der Waals surface area contributed by atoms with Crippen LogP contribution < -0.4 is 4.90 Å². The first-order chi connectivity index (χ1) is 15.6. The van der Waals surface area contributed by atoms with Crippen molar-refractivity contribution < 1.29 is 4.79 Å². The normalized spacial score (nSPS) is 15.8. The molecule has 1 aromatic carbocycles. The quantitative estimate of drug-likeness (QED) is 0.482. The lowest BCUT2D eigenvalue weighted by atomic mass is 9.99. The van der Waals surface area contributed by atoms with Gasteiger partial charge in [0.2, 0.25) is 0 Å². The number of pyridine rings is 1. The Kier molecular flexibility index (Phi) is 6.80. The number of rotatable bonds is 4. The molecule has 1 fully saturated rings. The van der Waals surface area contributed by atoms with Gasteiger partial charge in [-0.05, 0) is 62.3 Å². The number of anilines is 1. The number of fused-ring (bicyclic) bond motifs is 2. The zero-order chi connectivity index (χ0) is 22.2. The summed E-state index contributed by atoms with van der Waals surface area (Å²) in [6.45, 7) is 12.4. The van der Waals surface area contributed by atoms with E-state index in [2.05, 4.69) is 54.2 Å². The van der Waals surface area contributed by atoms with Gasteiger partial charge in [-0.1, -0.05) is 30.3 Å². The fourth-order valence-corrected chi connectivity index (χ4v) is 5.26. The van der Waals surface area contributed by atoms with Crippen LogP contribution in [0.4, 0.5) is 5.82 Å². The monoisotopic (exact) mass is 464 g/mol. The predicted molar refractivity (Wildman–Crippen MR) is 138 cm³/mol. The molecule has 0 N–H and O–H groups in total. The lowest BCUT2D eigenvalue weighted by Crippen LogP contribution is -2.37. The van der Waals surface area contributed by atoms with Gasteiger partial charge >= 0.3 is 0 Å². The standard InChI is InChI=1S/C27H32N4O.ClH/c1-4-13-31-20(3)19(2)23-17-24(27(32)29-14-8-5-9-15-29)28-26(25(23)31)30-16-12-21-10-6-7-11-22(21)18-30;/h4,6-7,10-11,17H,1,5,8-9,12-16,18H2,2-3H3;1H. The Labute approximate surface area is 202 Å². The Hall–Kier alpha value is -2.79. The number of hydrogen-bond donors (Lipinski definition) is 0. The number of likely N-dealkylation sites (tertiary alicyclic amines) is 1. The van der Waals surface area contributed by atoms with Crippen molar-refractivity contribution in [3.8, 4) is 0 Å². The fraction of sp³-hybridized carbons (Fsp3) is 0.407. The summed E-state index contributed by atoms with van der Waals surface area (Å²) < 4.78 is 2.30. The number of amides is 1. The molecule has 4 heterocycles. The molecule has 1 saturated heterocycles. The third-order valence-electron chi connectivity index (χ3n) is 7.20. The summed E-state index contributed by atoms with van der Waals surface area (Å²) in [5, 5.41) is 1.13. The molecule has 0 unspecified atom stereocenters. The summed E-state index contributed by atoms with van der Waals surface area (Å²) in [5.74, 6) is 0.995. The van der Waals surface area contributed by atoms with E-state index in [4.69, 9.17) is 4.98 Å². The van der Waals surface area contributed by atoms with Gasteiger partial charge < -0.3 is 14.4 Å².